The lowest BCUT2D eigenvalue weighted by molar-refractivity contribution is 0.0755. The van der Waals surface area contributed by atoms with E-state index in [4.69, 9.17) is 0 Å². The Morgan fingerprint density at radius 3 is 2.04 bits per heavy atom. The number of carbonyl (C=O) groups excluding carboxylic acids is 3. The molecule has 0 aliphatic rings. The van der Waals surface area contributed by atoms with Crippen LogP contribution in [-0.2, 0) is 6.42 Å². The molecule has 0 bridgehead atoms. The third kappa shape index (κ3) is 9.60. The first-order valence-electron chi connectivity index (χ1n) is 16.7. The fourth-order valence-corrected chi connectivity index (χ4v) is 5.95. The molecule has 3 N–H and O–H groups in total. The average Bonchev–Trinajstić information content (AvgIpc) is 3.07. The molecule has 0 unspecified atom stereocenters. The molecule has 0 spiro atoms. The summed E-state index contributed by atoms with van der Waals surface area (Å²) >= 11 is 0. The molecule has 4 aromatic carbocycles. The number of aliphatic hydroxyl groups excluding tert-OH is 1. The summed E-state index contributed by atoms with van der Waals surface area (Å²) < 4.78 is 28.3. The van der Waals surface area contributed by atoms with Crippen molar-refractivity contribution in [3.05, 3.63) is 135 Å². The summed E-state index contributed by atoms with van der Waals surface area (Å²) in [5.41, 5.74) is 5.04. The van der Waals surface area contributed by atoms with Crippen molar-refractivity contribution in [2.24, 2.45) is 0 Å². The highest BCUT2D eigenvalue weighted by atomic mass is 19.1. The maximum Gasteiger partial charge on any atom is 0.253 e. The van der Waals surface area contributed by atoms with Crippen molar-refractivity contribution in [2.75, 3.05) is 25.0 Å². The molecule has 49 heavy (non-hydrogen) atoms. The van der Waals surface area contributed by atoms with Crippen LogP contribution in [0.2, 0.25) is 0 Å². The number of nitrogens with zero attached hydrogens (tertiary/aromatic N) is 1. The van der Waals surface area contributed by atoms with E-state index in [-0.39, 0.29) is 35.8 Å². The number of aryl methyl sites for hydroxylation is 1. The monoisotopic (exact) mass is 669 g/mol. The number of hydrogen-bond acceptors (Lipinski definition) is 5. The molecule has 0 heterocycles. The molecular weight excluding hydrogens is 624 g/mol. The van der Waals surface area contributed by atoms with Crippen LogP contribution in [0.15, 0.2) is 78.9 Å². The number of carbonyl (C=O) groups is 3. The maximum absolute atomic E-state index is 14.1. The smallest absolute Gasteiger partial charge is 0.253 e. The summed E-state index contributed by atoms with van der Waals surface area (Å²) in [5, 5.41) is 17.5. The highest BCUT2D eigenvalue weighted by molar-refractivity contribution is 6.10. The van der Waals surface area contributed by atoms with Gasteiger partial charge in [0, 0.05) is 53.6 Å². The first-order valence-corrected chi connectivity index (χ1v) is 16.7. The van der Waals surface area contributed by atoms with Gasteiger partial charge >= 0.3 is 0 Å². The lowest BCUT2D eigenvalue weighted by Gasteiger charge is -2.26. The predicted octanol–water partition coefficient (Wildman–Crippen LogP) is 7.20. The van der Waals surface area contributed by atoms with Gasteiger partial charge < -0.3 is 20.6 Å². The molecule has 0 fully saturated rings. The number of aliphatic hydroxyl groups is 1. The number of anilines is 1. The zero-order chi connectivity index (χ0) is 35.7. The number of rotatable bonds is 15. The molecular formula is C40H45F2N3O4. The summed E-state index contributed by atoms with van der Waals surface area (Å²) in [6.45, 7) is 10.7. The van der Waals surface area contributed by atoms with Crippen molar-refractivity contribution >= 4 is 23.3 Å². The van der Waals surface area contributed by atoms with Gasteiger partial charge in [-0.3, -0.25) is 14.4 Å². The standard InChI is InChI=1S/C40H45F2N3O4/c1-6-15-45(16-7-2)40(49)31-18-25(3)17-30(22-31)39(48)44-36(21-28-19-32(41)23-33(42)20-28)37(46)24-43-35-14-13-34(26(4)27(35)5)38(47)29-11-9-8-10-12-29/h8-14,17-20,22-23,36-37,43,46H,6-7,15-16,21,24H2,1-5H3,(H,44,48)/t36-,37+/m0/s1. The van der Waals surface area contributed by atoms with Gasteiger partial charge in [-0.1, -0.05) is 44.2 Å². The van der Waals surface area contributed by atoms with Crippen molar-refractivity contribution in [3.63, 3.8) is 0 Å². The van der Waals surface area contributed by atoms with Gasteiger partial charge in [0.2, 0.25) is 0 Å². The molecule has 0 saturated carbocycles. The Hall–Kier alpha value is -4.89. The molecule has 0 radical (unpaired) electrons. The molecule has 0 aromatic heterocycles. The van der Waals surface area contributed by atoms with Crippen LogP contribution in [0.1, 0.15) is 85.6 Å². The SMILES string of the molecule is CCCN(CCC)C(=O)c1cc(C)cc(C(=O)N[C@@H](Cc2cc(F)cc(F)c2)[C@H](O)CNc2ccc(C(=O)c3ccccc3)c(C)c2C)c1. The second-order valence-corrected chi connectivity index (χ2v) is 12.5. The van der Waals surface area contributed by atoms with Crippen LogP contribution in [0.25, 0.3) is 0 Å². The van der Waals surface area contributed by atoms with E-state index in [0.29, 0.717) is 35.5 Å². The van der Waals surface area contributed by atoms with Gasteiger partial charge in [0.15, 0.2) is 5.78 Å². The lowest BCUT2D eigenvalue weighted by Crippen LogP contribution is -2.47. The van der Waals surface area contributed by atoms with Gasteiger partial charge in [0.05, 0.1) is 12.1 Å². The van der Waals surface area contributed by atoms with E-state index in [9.17, 15) is 28.3 Å². The van der Waals surface area contributed by atoms with E-state index in [1.807, 2.05) is 45.9 Å². The van der Waals surface area contributed by atoms with Gasteiger partial charge in [0.25, 0.3) is 11.8 Å². The van der Waals surface area contributed by atoms with E-state index < -0.39 is 29.7 Å². The predicted molar refractivity (Wildman–Crippen MR) is 189 cm³/mol. The molecule has 0 aliphatic carbocycles. The average molecular weight is 670 g/mol. The summed E-state index contributed by atoms with van der Waals surface area (Å²) in [6, 6.07) is 19.6. The highest BCUT2D eigenvalue weighted by Gasteiger charge is 2.25. The van der Waals surface area contributed by atoms with Crippen molar-refractivity contribution in [1.82, 2.24) is 10.2 Å². The van der Waals surface area contributed by atoms with Gasteiger partial charge in [-0.25, -0.2) is 8.78 Å². The second kappa shape index (κ2) is 17.0. The van der Waals surface area contributed by atoms with Crippen molar-refractivity contribution < 1.29 is 28.3 Å². The molecule has 4 aromatic rings. The Morgan fingerprint density at radius 1 is 0.776 bits per heavy atom. The Balaban J connectivity index is 1.57. The minimum atomic E-state index is -1.20. The first kappa shape index (κ1) is 36.9. The van der Waals surface area contributed by atoms with E-state index >= 15 is 0 Å². The van der Waals surface area contributed by atoms with Crippen LogP contribution in [-0.4, -0.2) is 59.4 Å². The van der Waals surface area contributed by atoms with Crippen LogP contribution in [0.4, 0.5) is 14.5 Å². The van der Waals surface area contributed by atoms with Crippen LogP contribution < -0.4 is 10.6 Å². The molecule has 2 amide bonds. The molecule has 258 valence electrons. The molecule has 0 aliphatic heterocycles. The maximum atomic E-state index is 14.1. The Labute approximate surface area is 287 Å². The van der Waals surface area contributed by atoms with Gasteiger partial charge in [-0.15, -0.1) is 0 Å². The van der Waals surface area contributed by atoms with Crippen LogP contribution in [0, 0.1) is 32.4 Å². The zero-order valence-electron chi connectivity index (χ0n) is 28.8. The minimum absolute atomic E-state index is 0.0183. The molecule has 9 heteroatoms. The Bertz CT molecular complexity index is 1770. The van der Waals surface area contributed by atoms with Crippen LogP contribution in [0.5, 0.6) is 0 Å². The first-order chi connectivity index (χ1) is 23.4. The van der Waals surface area contributed by atoms with E-state index in [1.165, 1.54) is 6.07 Å². The Morgan fingerprint density at radius 2 is 1.41 bits per heavy atom. The molecule has 7 nitrogen and oxygen atoms in total. The number of benzene rings is 4. The van der Waals surface area contributed by atoms with Crippen molar-refractivity contribution in [3.8, 4) is 0 Å². The zero-order valence-corrected chi connectivity index (χ0v) is 28.8. The van der Waals surface area contributed by atoms with Crippen LogP contribution >= 0.6 is 0 Å². The van der Waals surface area contributed by atoms with E-state index in [2.05, 4.69) is 10.6 Å². The summed E-state index contributed by atoms with van der Waals surface area (Å²) in [7, 11) is 0. The van der Waals surface area contributed by atoms with E-state index in [0.717, 1.165) is 47.7 Å². The number of halogens is 2. The van der Waals surface area contributed by atoms with E-state index in [1.54, 1.807) is 48.2 Å². The van der Waals surface area contributed by atoms with Gasteiger partial charge in [-0.2, -0.15) is 0 Å². The largest absolute Gasteiger partial charge is 0.389 e. The topological polar surface area (TPSA) is 98.7 Å². The molecule has 2 atom stereocenters. The number of hydrogen-bond donors (Lipinski definition) is 3. The highest BCUT2D eigenvalue weighted by Crippen LogP contribution is 2.25. The third-order valence-electron chi connectivity index (χ3n) is 8.59. The number of nitrogens with one attached hydrogen (secondary N) is 2. The summed E-state index contributed by atoms with van der Waals surface area (Å²) in [5.74, 6) is -2.34. The van der Waals surface area contributed by atoms with Crippen molar-refractivity contribution in [1.29, 1.82) is 0 Å². The summed E-state index contributed by atoms with van der Waals surface area (Å²) in [4.78, 5) is 41.9. The van der Waals surface area contributed by atoms with Gasteiger partial charge in [-0.05, 0) is 105 Å². The summed E-state index contributed by atoms with van der Waals surface area (Å²) in [6.07, 6.45) is 0.336. The fourth-order valence-electron chi connectivity index (χ4n) is 5.95. The number of ketones is 1. The molecule has 0 saturated heterocycles. The van der Waals surface area contributed by atoms with Crippen LogP contribution in [0.3, 0.4) is 0 Å². The fraction of sp³-hybridized carbons (Fsp3) is 0.325. The normalized spacial score (nSPS) is 12.2. The molecule has 4 rings (SSSR count). The second-order valence-electron chi connectivity index (χ2n) is 12.5. The number of amides is 2. The minimum Gasteiger partial charge on any atom is -0.389 e. The quantitative estimate of drug-likeness (QED) is 0.116. The lowest BCUT2D eigenvalue weighted by atomic mass is 9.95. The van der Waals surface area contributed by atoms with Crippen molar-refractivity contribution in [2.45, 2.75) is 66.0 Å². The third-order valence-corrected chi connectivity index (χ3v) is 8.59. The Kier molecular flexibility index (Phi) is 12.8. The van der Waals surface area contributed by atoms with Gasteiger partial charge in [0.1, 0.15) is 11.6 Å².